The molecule has 0 aliphatic rings. The molecule has 25 heavy (non-hydrogen) atoms. The second-order valence-corrected chi connectivity index (χ2v) is 6.60. The number of hydrogen-bond donors (Lipinski definition) is 1. The average Bonchev–Trinajstić information content (AvgIpc) is 3.06. The van der Waals surface area contributed by atoms with Crippen molar-refractivity contribution in [1.29, 1.82) is 0 Å². The molecule has 0 aliphatic heterocycles. The van der Waals surface area contributed by atoms with Crippen LogP contribution in [-0.2, 0) is 24.4 Å². The zero-order chi connectivity index (χ0) is 17.5. The molecular weight excluding hydrogens is 334 g/mol. The Bertz CT molecular complexity index is 833. The van der Waals surface area contributed by atoms with E-state index in [9.17, 15) is 4.79 Å². The SMILES string of the molecule is Cc1cccc(CNC(=O)Cc2csc(COc3cccnc3)n2)c1. The number of ether oxygens (including phenoxy) is 1. The third-order valence-electron chi connectivity index (χ3n) is 3.51. The Labute approximate surface area is 150 Å². The maximum atomic E-state index is 12.1. The molecule has 3 aromatic rings. The molecule has 0 saturated carbocycles. The van der Waals surface area contributed by atoms with Crippen molar-refractivity contribution in [2.75, 3.05) is 0 Å². The number of carbonyl (C=O) groups is 1. The molecule has 6 heteroatoms. The van der Waals surface area contributed by atoms with Gasteiger partial charge in [0, 0.05) is 18.1 Å². The van der Waals surface area contributed by atoms with Crippen LogP contribution in [0.15, 0.2) is 54.2 Å². The van der Waals surface area contributed by atoms with Crippen molar-refractivity contribution in [3.8, 4) is 5.75 Å². The van der Waals surface area contributed by atoms with Gasteiger partial charge < -0.3 is 10.1 Å². The van der Waals surface area contributed by atoms with Crippen LogP contribution in [-0.4, -0.2) is 15.9 Å². The Hall–Kier alpha value is -2.73. The van der Waals surface area contributed by atoms with Gasteiger partial charge in [-0.1, -0.05) is 29.8 Å². The van der Waals surface area contributed by atoms with Gasteiger partial charge in [0.1, 0.15) is 17.4 Å². The molecule has 0 aliphatic carbocycles. The zero-order valence-electron chi connectivity index (χ0n) is 13.9. The van der Waals surface area contributed by atoms with Gasteiger partial charge in [0.25, 0.3) is 0 Å². The standard InChI is InChI=1S/C19H19N3O2S/c1-14-4-2-5-15(8-14)10-21-18(23)9-16-13-25-19(22-16)12-24-17-6-3-7-20-11-17/h2-8,11,13H,9-10,12H2,1H3,(H,21,23). The number of carbonyl (C=O) groups excluding carboxylic acids is 1. The van der Waals surface area contributed by atoms with Crippen molar-refractivity contribution < 1.29 is 9.53 Å². The number of rotatable bonds is 7. The average molecular weight is 353 g/mol. The summed E-state index contributed by atoms with van der Waals surface area (Å²) < 4.78 is 5.61. The summed E-state index contributed by atoms with van der Waals surface area (Å²) in [5.74, 6) is 0.668. The fourth-order valence-electron chi connectivity index (χ4n) is 2.32. The highest BCUT2D eigenvalue weighted by molar-refractivity contribution is 7.09. The molecule has 0 unspecified atom stereocenters. The predicted molar refractivity (Wildman–Crippen MR) is 97.4 cm³/mol. The number of hydrogen-bond acceptors (Lipinski definition) is 5. The molecule has 0 radical (unpaired) electrons. The lowest BCUT2D eigenvalue weighted by Crippen LogP contribution is -2.24. The number of aryl methyl sites for hydroxylation is 1. The number of aromatic nitrogens is 2. The van der Waals surface area contributed by atoms with Crippen molar-refractivity contribution in [3.63, 3.8) is 0 Å². The molecular formula is C19H19N3O2S. The van der Waals surface area contributed by atoms with E-state index in [1.165, 1.54) is 16.9 Å². The lowest BCUT2D eigenvalue weighted by atomic mass is 10.1. The normalized spacial score (nSPS) is 10.4. The summed E-state index contributed by atoms with van der Waals surface area (Å²) in [4.78, 5) is 20.5. The van der Waals surface area contributed by atoms with Crippen LogP contribution < -0.4 is 10.1 Å². The topological polar surface area (TPSA) is 64.1 Å². The monoisotopic (exact) mass is 353 g/mol. The highest BCUT2D eigenvalue weighted by Gasteiger charge is 2.08. The number of pyridine rings is 1. The van der Waals surface area contributed by atoms with Gasteiger partial charge in [0.05, 0.1) is 18.3 Å². The first-order valence-electron chi connectivity index (χ1n) is 7.97. The van der Waals surface area contributed by atoms with E-state index in [0.29, 0.717) is 18.9 Å². The number of thiazole rings is 1. The molecule has 0 spiro atoms. The van der Waals surface area contributed by atoms with Crippen LogP contribution in [0.25, 0.3) is 0 Å². The Morgan fingerprint density at radius 2 is 2.20 bits per heavy atom. The zero-order valence-corrected chi connectivity index (χ0v) is 14.8. The van der Waals surface area contributed by atoms with Gasteiger partial charge in [-0.3, -0.25) is 9.78 Å². The molecule has 2 aromatic heterocycles. The van der Waals surface area contributed by atoms with E-state index < -0.39 is 0 Å². The Morgan fingerprint density at radius 3 is 3.00 bits per heavy atom. The number of nitrogens with zero attached hydrogens (tertiary/aromatic N) is 2. The van der Waals surface area contributed by atoms with Crippen LogP contribution in [0.1, 0.15) is 21.8 Å². The van der Waals surface area contributed by atoms with Crippen LogP contribution >= 0.6 is 11.3 Å². The van der Waals surface area contributed by atoms with Gasteiger partial charge in [-0.25, -0.2) is 4.98 Å². The lowest BCUT2D eigenvalue weighted by molar-refractivity contribution is -0.120. The van der Waals surface area contributed by atoms with Crippen LogP contribution in [0.2, 0.25) is 0 Å². The second kappa shape index (κ2) is 8.39. The van der Waals surface area contributed by atoms with E-state index in [1.54, 1.807) is 12.4 Å². The van der Waals surface area contributed by atoms with E-state index in [-0.39, 0.29) is 12.3 Å². The summed E-state index contributed by atoms with van der Waals surface area (Å²) in [5, 5.41) is 5.66. The molecule has 0 fully saturated rings. The number of benzene rings is 1. The minimum atomic E-state index is -0.0356. The maximum absolute atomic E-state index is 12.1. The first-order valence-corrected chi connectivity index (χ1v) is 8.85. The van der Waals surface area contributed by atoms with Gasteiger partial charge in [-0.15, -0.1) is 11.3 Å². The molecule has 1 amide bonds. The Kier molecular flexibility index (Phi) is 5.74. The predicted octanol–water partition coefficient (Wildman–Crippen LogP) is 3.28. The Morgan fingerprint density at radius 1 is 1.28 bits per heavy atom. The summed E-state index contributed by atoms with van der Waals surface area (Å²) in [6, 6.07) is 11.8. The van der Waals surface area contributed by atoms with Crippen molar-refractivity contribution >= 4 is 17.2 Å². The summed E-state index contributed by atoms with van der Waals surface area (Å²) in [7, 11) is 0. The molecule has 0 atom stereocenters. The van der Waals surface area contributed by atoms with Gasteiger partial charge >= 0.3 is 0 Å². The first-order chi connectivity index (χ1) is 12.2. The molecule has 1 aromatic carbocycles. The van der Waals surface area contributed by atoms with Crippen LogP contribution in [0.4, 0.5) is 0 Å². The van der Waals surface area contributed by atoms with Crippen molar-refractivity contribution in [2.45, 2.75) is 26.5 Å². The van der Waals surface area contributed by atoms with Gasteiger partial charge in [-0.05, 0) is 24.6 Å². The van der Waals surface area contributed by atoms with Crippen LogP contribution in [0, 0.1) is 6.92 Å². The van der Waals surface area contributed by atoms with E-state index >= 15 is 0 Å². The molecule has 128 valence electrons. The quantitative estimate of drug-likeness (QED) is 0.708. The third-order valence-corrected chi connectivity index (χ3v) is 4.38. The third kappa shape index (κ3) is 5.39. The van der Waals surface area contributed by atoms with E-state index in [0.717, 1.165) is 16.3 Å². The number of nitrogens with one attached hydrogen (secondary N) is 1. The lowest BCUT2D eigenvalue weighted by Gasteiger charge is -2.05. The maximum Gasteiger partial charge on any atom is 0.226 e. The van der Waals surface area contributed by atoms with Gasteiger partial charge in [-0.2, -0.15) is 0 Å². The van der Waals surface area contributed by atoms with Crippen molar-refractivity contribution in [1.82, 2.24) is 15.3 Å². The first kappa shape index (κ1) is 17.1. The minimum Gasteiger partial charge on any atom is -0.485 e. The molecule has 0 saturated heterocycles. The highest BCUT2D eigenvalue weighted by Crippen LogP contribution is 2.14. The summed E-state index contributed by atoms with van der Waals surface area (Å²) in [5.41, 5.74) is 3.04. The molecule has 5 nitrogen and oxygen atoms in total. The fourth-order valence-corrected chi connectivity index (χ4v) is 3.03. The second-order valence-electron chi connectivity index (χ2n) is 5.65. The number of amides is 1. The smallest absolute Gasteiger partial charge is 0.226 e. The van der Waals surface area contributed by atoms with Gasteiger partial charge in [0.15, 0.2) is 0 Å². The minimum absolute atomic E-state index is 0.0356. The van der Waals surface area contributed by atoms with Crippen molar-refractivity contribution in [2.24, 2.45) is 0 Å². The van der Waals surface area contributed by atoms with E-state index in [2.05, 4.69) is 21.4 Å². The van der Waals surface area contributed by atoms with Gasteiger partial charge in [0.2, 0.25) is 5.91 Å². The van der Waals surface area contributed by atoms with E-state index in [1.807, 2.05) is 42.6 Å². The highest BCUT2D eigenvalue weighted by atomic mass is 32.1. The Balaban J connectivity index is 1.46. The molecule has 2 heterocycles. The summed E-state index contributed by atoms with van der Waals surface area (Å²) >= 11 is 1.49. The summed E-state index contributed by atoms with van der Waals surface area (Å²) in [6.45, 7) is 2.94. The fraction of sp³-hybridized carbons (Fsp3) is 0.211. The summed E-state index contributed by atoms with van der Waals surface area (Å²) in [6.07, 6.45) is 3.63. The van der Waals surface area contributed by atoms with Crippen LogP contribution in [0.5, 0.6) is 5.75 Å². The molecule has 1 N–H and O–H groups in total. The van der Waals surface area contributed by atoms with E-state index in [4.69, 9.17) is 4.74 Å². The molecule has 3 rings (SSSR count). The largest absolute Gasteiger partial charge is 0.485 e. The molecule has 0 bridgehead atoms. The van der Waals surface area contributed by atoms with Crippen LogP contribution in [0.3, 0.4) is 0 Å². The van der Waals surface area contributed by atoms with Crippen molar-refractivity contribution in [3.05, 3.63) is 76.0 Å².